The Morgan fingerprint density at radius 2 is 0.763 bits per heavy atom. The van der Waals surface area contributed by atoms with Crippen molar-refractivity contribution in [3.8, 4) is 44.9 Å². The van der Waals surface area contributed by atoms with Crippen molar-refractivity contribution in [3.05, 3.63) is 121 Å². The zero-order valence-corrected chi connectivity index (χ0v) is 21.8. The summed E-state index contributed by atoms with van der Waals surface area (Å²) in [4.78, 5) is 0. The topological polar surface area (TPSA) is 18.5 Å². The predicted molar refractivity (Wildman–Crippen MR) is 160 cm³/mol. The molecule has 0 unspecified atom stereocenters. The first-order valence-corrected chi connectivity index (χ1v) is 13.3. The van der Waals surface area contributed by atoms with Gasteiger partial charge < -0.3 is 9.47 Å². The van der Waals surface area contributed by atoms with Crippen molar-refractivity contribution in [2.45, 2.75) is 13.8 Å². The molecule has 186 valence electrons. The van der Waals surface area contributed by atoms with Gasteiger partial charge in [0, 0.05) is 11.1 Å². The first-order valence-electron chi connectivity index (χ1n) is 13.3. The summed E-state index contributed by atoms with van der Waals surface area (Å²) in [6, 6.07) is 42.7. The van der Waals surface area contributed by atoms with E-state index in [-0.39, 0.29) is 0 Å². The van der Waals surface area contributed by atoms with Crippen LogP contribution in [0.2, 0.25) is 0 Å². The summed E-state index contributed by atoms with van der Waals surface area (Å²) in [6.45, 7) is 5.23. The van der Waals surface area contributed by atoms with Gasteiger partial charge in [0.15, 0.2) is 0 Å². The van der Waals surface area contributed by atoms with Gasteiger partial charge in [-0.05, 0) is 69.8 Å². The van der Waals surface area contributed by atoms with Crippen molar-refractivity contribution < 1.29 is 9.47 Å². The van der Waals surface area contributed by atoms with Gasteiger partial charge in [-0.3, -0.25) is 0 Å². The maximum Gasteiger partial charge on any atom is 0.128 e. The van der Waals surface area contributed by atoms with E-state index < -0.39 is 0 Å². The lowest BCUT2D eigenvalue weighted by Gasteiger charge is -2.22. The highest BCUT2D eigenvalue weighted by atomic mass is 16.5. The molecule has 2 heteroatoms. The molecule has 0 aliphatic rings. The second kappa shape index (κ2) is 10.4. The van der Waals surface area contributed by atoms with Crippen LogP contribution in [-0.4, -0.2) is 13.2 Å². The van der Waals surface area contributed by atoms with E-state index in [1.54, 1.807) is 0 Å². The van der Waals surface area contributed by atoms with Crippen LogP contribution < -0.4 is 9.47 Å². The molecular weight excluding hydrogens is 464 g/mol. The molecule has 0 saturated carbocycles. The van der Waals surface area contributed by atoms with E-state index in [4.69, 9.17) is 9.47 Å². The Bertz CT molecular complexity index is 1590. The molecule has 6 aromatic carbocycles. The molecule has 0 saturated heterocycles. The molecule has 0 heterocycles. The zero-order chi connectivity index (χ0) is 25.9. The second-order valence-corrected chi connectivity index (χ2v) is 9.28. The first kappa shape index (κ1) is 23.8. The summed E-state index contributed by atoms with van der Waals surface area (Å²) in [7, 11) is 0. The van der Waals surface area contributed by atoms with Crippen LogP contribution in [0.25, 0.3) is 54.9 Å². The van der Waals surface area contributed by atoms with E-state index in [9.17, 15) is 0 Å². The summed E-state index contributed by atoms with van der Waals surface area (Å²) in [5.41, 5.74) is 6.81. The highest BCUT2D eigenvalue weighted by Crippen LogP contribution is 2.50. The highest BCUT2D eigenvalue weighted by molar-refractivity contribution is 6.15. The summed E-state index contributed by atoms with van der Waals surface area (Å²) in [6.07, 6.45) is 0. The molecule has 0 bridgehead atoms. The number of rotatable bonds is 7. The molecule has 0 spiro atoms. The van der Waals surface area contributed by atoms with E-state index in [0.29, 0.717) is 13.2 Å². The Kier molecular flexibility index (Phi) is 6.54. The van der Waals surface area contributed by atoms with Crippen LogP contribution in [0.1, 0.15) is 13.8 Å². The SMILES string of the molecule is CCOc1cc(-c2ccccc2)c2ccccc2c1-c1c(OCC)cc(-c2ccccc2)c2ccccc12. The standard InChI is InChI=1S/C36H30O2/c1-3-37-33-23-31(25-15-7-5-8-16-25)27-19-11-13-21-29(27)35(33)36-30-22-14-12-20-28(30)32(24-34(36)38-4-2)26-17-9-6-10-18-26/h5-24H,3-4H2,1-2H3. The molecule has 0 fully saturated rings. The average Bonchev–Trinajstić information content (AvgIpc) is 2.98. The predicted octanol–water partition coefficient (Wildman–Crippen LogP) is 9.79. The third-order valence-electron chi connectivity index (χ3n) is 7.04. The van der Waals surface area contributed by atoms with Crippen LogP contribution in [0.3, 0.4) is 0 Å². The summed E-state index contributed by atoms with van der Waals surface area (Å²) >= 11 is 0. The molecule has 2 nitrogen and oxygen atoms in total. The average molecular weight is 495 g/mol. The molecule has 0 atom stereocenters. The third kappa shape index (κ3) is 4.18. The van der Waals surface area contributed by atoms with Crippen molar-refractivity contribution in [1.29, 1.82) is 0 Å². The Morgan fingerprint density at radius 3 is 1.13 bits per heavy atom. The summed E-state index contributed by atoms with van der Waals surface area (Å²) in [5.74, 6) is 1.73. The molecule has 6 aromatic rings. The van der Waals surface area contributed by atoms with Crippen molar-refractivity contribution in [1.82, 2.24) is 0 Å². The Balaban J connectivity index is 1.74. The maximum atomic E-state index is 6.40. The molecule has 0 aliphatic heterocycles. The van der Waals surface area contributed by atoms with E-state index in [0.717, 1.165) is 44.5 Å². The second-order valence-electron chi connectivity index (χ2n) is 9.28. The number of hydrogen-bond donors (Lipinski definition) is 0. The lowest BCUT2D eigenvalue weighted by atomic mass is 9.86. The van der Waals surface area contributed by atoms with Gasteiger partial charge >= 0.3 is 0 Å². The lowest BCUT2D eigenvalue weighted by Crippen LogP contribution is -2.01. The van der Waals surface area contributed by atoms with Crippen molar-refractivity contribution in [2.75, 3.05) is 13.2 Å². The van der Waals surface area contributed by atoms with Crippen LogP contribution in [0, 0.1) is 0 Å². The van der Waals surface area contributed by atoms with Crippen LogP contribution >= 0.6 is 0 Å². The monoisotopic (exact) mass is 494 g/mol. The van der Waals surface area contributed by atoms with E-state index >= 15 is 0 Å². The largest absolute Gasteiger partial charge is 0.493 e. The van der Waals surface area contributed by atoms with Crippen LogP contribution in [0.15, 0.2) is 121 Å². The molecule has 0 radical (unpaired) electrons. The lowest BCUT2D eigenvalue weighted by molar-refractivity contribution is 0.337. The van der Waals surface area contributed by atoms with Gasteiger partial charge in [0.2, 0.25) is 0 Å². The minimum atomic E-state index is 0.573. The number of fused-ring (bicyclic) bond motifs is 2. The number of ether oxygens (including phenoxy) is 2. The van der Waals surface area contributed by atoms with Gasteiger partial charge in [-0.1, -0.05) is 109 Å². The Labute approximate surface area is 224 Å². The van der Waals surface area contributed by atoms with Crippen molar-refractivity contribution >= 4 is 21.5 Å². The smallest absolute Gasteiger partial charge is 0.128 e. The van der Waals surface area contributed by atoms with Crippen molar-refractivity contribution in [3.63, 3.8) is 0 Å². The first-order chi connectivity index (χ1) is 18.8. The van der Waals surface area contributed by atoms with Crippen LogP contribution in [0.4, 0.5) is 0 Å². The molecule has 6 rings (SSSR count). The summed E-state index contributed by atoms with van der Waals surface area (Å²) in [5, 5.41) is 4.68. The van der Waals surface area contributed by atoms with Gasteiger partial charge in [0.25, 0.3) is 0 Å². The quantitative estimate of drug-likeness (QED) is 0.220. The van der Waals surface area contributed by atoms with Crippen LogP contribution in [0.5, 0.6) is 11.5 Å². The van der Waals surface area contributed by atoms with Gasteiger partial charge in [0.1, 0.15) is 11.5 Å². The summed E-state index contributed by atoms with van der Waals surface area (Å²) < 4.78 is 12.8. The normalized spacial score (nSPS) is 11.1. The fourth-order valence-corrected chi connectivity index (χ4v) is 5.47. The van der Waals surface area contributed by atoms with Crippen LogP contribution in [-0.2, 0) is 0 Å². The minimum Gasteiger partial charge on any atom is -0.493 e. The molecular formula is C36H30O2. The number of hydrogen-bond acceptors (Lipinski definition) is 2. The fourth-order valence-electron chi connectivity index (χ4n) is 5.47. The van der Waals surface area contributed by atoms with E-state index in [2.05, 4.69) is 121 Å². The molecule has 0 amide bonds. The van der Waals surface area contributed by atoms with Gasteiger partial charge in [-0.2, -0.15) is 0 Å². The zero-order valence-electron chi connectivity index (χ0n) is 21.8. The Morgan fingerprint density at radius 1 is 0.421 bits per heavy atom. The molecule has 0 aliphatic carbocycles. The van der Waals surface area contributed by atoms with E-state index in [1.807, 2.05) is 13.8 Å². The Hall–Kier alpha value is -4.56. The molecule has 38 heavy (non-hydrogen) atoms. The van der Waals surface area contributed by atoms with Crippen molar-refractivity contribution in [2.24, 2.45) is 0 Å². The minimum absolute atomic E-state index is 0.573. The molecule has 0 N–H and O–H groups in total. The van der Waals surface area contributed by atoms with Gasteiger partial charge in [-0.25, -0.2) is 0 Å². The molecule has 0 aromatic heterocycles. The third-order valence-corrected chi connectivity index (χ3v) is 7.04. The maximum absolute atomic E-state index is 6.40. The van der Waals surface area contributed by atoms with Gasteiger partial charge in [-0.15, -0.1) is 0 Å². The van der Waals surface area contributed by atoms with E-state index in [1.165, 1.54) is 21.9 Å². The fraction of sp³-hybridized carbons (Fsp3) is 0.111. The number of benzene rings is 6. The highest BCUT2D eigenvalue weighted by Gasteiger charge is 2.23. The van der Waals surface area contributed by atoms with Gasteiger partial charge in [0.05, 0.1) is 13.2 Å².